The minimum Gasteiger partial charge on any atom is -0.481 e. The first-order valence-electron chi connectivity index (χ1n) is 5.62. The van der Waals surface area contributed by atoms with Gasteiger partial charge in [0, 0.05) is 12.6 Å². The fourth-order valence-corrected chi connectivity index (χ4v) is 5.13. The van der Waals surface area contributed by atoms with Crippen molar-refractivity contribution in [3.63, 3.8) is 0 Å². The van der Waals surface area contributed by atoms with E-state index in [1.54, 1.807) is 6.92 Å². The van der Waals surface area contributed by atoms with Crippen LogP contribution in [0.3, 0.4) is 0 Å². The monoisotopic (exact) mass is 300 g/mol. The van der Waals surface area contributed by atoms with Crippen molar-refractivity contribution in [1.82, 2.24) is 4.31 Å². The number of nitrogens with zero attached hydrogens (tertiary/aromatic N) is 2. The van der Waals surface area contributed by atoms with Crippen LogP contribution in [0.1, 0.15) is 18.2 Å². The molecule has 6 nitrogen and oxygen atoms in total. The maximum absolute atomic E-state index is 12.4. The molecule has 0 bridgehead atoms. The van der Waals surface area contributed by atoms with Crippen molar-refractivity contribution in [3.05, 3.63) is 17.0 Å². The molecule has 1 aromatic rings. The maximum Gasteiger partial charge on any atom is 0.308 e. The summed E-state index contributed by atoms with van der Waals surface area (Å²) in [5, 5.41) is 17.7. The number of thiophene rings is 1. The molecule has 0 amide bonds. The summed E-state index contributed by atoms with van der Waals surface area (Å²) >= 11 is 0.900. The minimum atomic E-state index is -3.71. The van der Waals surface area contributed by atoms with E-state index in [-0.39, 0.29) is 10.8 Å². The predicted octanol–water partition coefficient (Wildman–Crippen LogP) is 1.10. The van der Waals surface area contributed by atoms with E-state index in [9.17, 15) is 13.2 Å². The SMILES string of the molecule is CC1C(C(=O)O)CCN1S(=O)(=O)c1ccc(C#N)s1. The first-order valence-corrected chi connectivity index (χ1v) is 7.88. The Balaban J connectivity index is 2.31. The lowest BCUT2D eigenvalue weighted by Crippen LogP contribution is -2.37. The molecule has 102 valence electrons. The third-order valence-electron chi connectivity index (χ3n) is 3.27. The van der Waals surface area contributed by atoms with E-state index in [0.29, 0.717) is 11.3 Å². The molecule has 19 heavy (non-hydrogen) atoms. The molecular weight excluding hydrogens is 288 g/mol. The summed E-state index contributed by atoms with van der Waals surface area (Å²) in [6.07, 6.45) is 0.312. The molecule has 1 aliphatic heterocycles. The Bertz CT molecular complexity index is 644. The van der Waals surface area contributed by atoms with Crippen LogP contribution in [0, 0.1) is 17.2 Å². The Labute approximate surface area is 114 Å². The highest BCUT2D eigenvalue weighted by atomic mass is 32.2. The van der Waals surface area contributed by atoms with Crippen molar-refractivity contribution in [1.29, 1.82) is 5.26 Å². The van der Waals surface area contributed by atoms with Crippen LogP contribution in [0.5, 0.6) is 0 Å². The number of carboxylic acid groups (broad SMARTS) is 1. The quantitative estimate of drug-likeness (QED) is 0.901. The summed E-state index contributed by atoms with van der Waals surface area (Å²) < 4.78 is 26.0. The highest BCUT2D eigenvalue weighted by Crippen LogP contribution is 2.32. The number of sulfonamides is 1. The summed E-state index contributed by atoms with van der Waals surface area (Å²) in [5.41, 5.74) is 0. The highest BCUT2D eigenvalue weighted by molar-refractivity contribution is 7.91. The number of hydrogen-bond acceptors (Lipinski definition) is 5. The number of carbonyl (C=O) groups is 1. The molecule has 1 aliphatic rings. The number of hydrogen-bond donors (Lipinski definition) is 1. The lowest BCUT2D eigenvalue weighted by molar-refractivity contribution is -0.142. The lowest BCUT2D eigenvalue weighted by Gasteiger charge is -2.21. The highest BCUT2D eigenvalue weighted by Gasteiger charge is 2.42. The van der Waals surface area contributed by atoms with Crippen LogP contribution in [-0.2, 0) is 14.8 Å². The molecule has 2 rings (SSSR count). The van der Waals surface area contributed by atoms with Gasteiger partial charge in [-0.15, -0.1) is 11.3 Å². The van der Waals surface area contributed by atoms with Gasteiger partial charge in [0.05, 0.1) is 5.92 Å². The van der Waals surface area contributed by atoms with E-state index in [1.807, 2.05) is 6.07 Å². The molecule has 0 aromatic carbocycles. The van der Waals surface area contributed by atoms with Gasteiger partial charge in [-0.1, -0.05) is 0 Å². The zero-order valence-electron chi connectivity index (χ0n) is 10.1. The zero-order chi connectivity index (χ0) is 14.2. The van der Waals surface area contributed by atoms with Gasteiger partial charge in [-0.25, -0.2) is 8.42 Å². The Kier molecular flexibility index (Phi) is 3.62. The Morgan fingerprint density at radius 3 is 2.74 bits per heavy atom. The maximum atomic E-state index is 12.4. The molecule has 0 saturated carbocycles. The van der Waals surface area contributed by atoms with Crippen LogP contribution < -0.4 is 0 Å². The van der Waals surface area contributed by atoms with Crippen LogP contribution in [0.2, 0.25) is 0 Å². The van der Waals surface area contributed by atoms with Gasteiger partial charge in [-0.3, -0.25) is 4.79 Å². The van der Waals surface area contributed by atoms with Gasteiger partial charge in [0.25, 0.3) is 10.0 Å². The summed E-state index contributed by atoms with van der Waals surface area (Å²) in [7, 11) is -3.71. The fourth-order valence-electron chi connectivity index (χ4n) is 2.22. The second kappa shape index (κ2) is 4.92. The predicted molar refractivity (Wildman–Crippen MR) is 68.1 cm³/mol. The molecule has 1 fully saturated rings. The van der Waals surface area contributed by atoms with Gasteiger partial charge in [0.1, 0.15) is 15.2 Å². The second-order valence-corrected chi connectivity index (χ2v) is 7.52. The van der Waals surface area contributed by atoms with E-state index in [1.165, 1.54) is 16.4 Å². The molecule has 8 heteroatoms. The van der Waals surface area contributed by atoms with Gasteiger partial charge in [-0.05, 0) is 25.5 Å². The summed E-state index contributed by atoms with van der Waals surface area (Å²) in [5.74, 6) is -1.65. The molecule has 1 N–H and O–H groups in total. The second-order valence-electron chi connectivity index (χ2n) is 4.32. The van der Waals surface area contributed by atoms with Crippen LogP contribution in [0.4, 0.5) is 0 Å². The molecule has 0 aliphatic carbocycles. The van der Waals surface area contributed by atoms with E-state index in [4.69, 9.17) is 10.4 Å². The van der Waals surface area contributed by atoms with E-state index in [0.717, 1.165) is 11.3 Å². The van der Waals surface area contributed by atoms with E-state index >= 15 is 0 Å². The topological polar surface area (TPSA) is 98.5 Å². The van der Waals surface area contributed by atoms with Crippen LogP contribution in [-0.4, -0.2) is 36.4 Å². The number of rotatable bonds is 3. The third-order valence-corrected chi connectivity index (χ3v) is 6.71. The first kappa shape index (κ1) is 14.0. The van der Waals surface area contributed by atoms with Crippen molar-refractivity contribution in [3.8, 4) is 6.07 Å². The molecule has 1 saturated heterocycles. The Morgan fingerprint density at radius 2 is 2.26 bits per heavy atom. The van der Waals surface area contributed by atoms with Crippen molar-refractivity contribution in [2.24, 2.45) is 5.92 Å². The summed E-state index contributed by atoms with van der Waals surface area (Å²) in [6.45, 7) is 1.79. The molecule has 1 aromatic heterocycles. The van der Waals surface area contributed by atoms with E-state index in [2.05, 4.69) is 0 Å². The Morgan fingerprint density at radius 1 is 1.58 bits per heavy atom. The first-order chi connectivity index (χ1) is 8.87. The number of nitriles is 1. The normalized spacial score (nSPS) is 24.2. The molecule has 0 radical (unpaired) electrons. The van der Waals surface area contributed by atoms with Crippen LogP contribution in [0.15, 0.2) is 16.3 Å². The molecule has 2 heterocycles. The van der Waals surface area contributed by atoms with Gasteiger partial charge in [0.15, 0.2) is 0 Å². The smallest absolute Gasteiger partial charge is 0.308 e. The van der Waals surface area contributed by atoms with Gasteiger partial charge < -0.3 is 5.11 Å². The molecule has 0 spiro atoms. The number of aliphatic carboxylic acids is 1. The summed E-state index contributed by atoms with van der Waals surface area (Å²) in [6, 6.07) is 4.16. The molecule has 2 unspecified atom stereocenters. The summed E-state index contributed by atoms with van der Waals surface area (Å²) in [4.78, 5) is 11.3. The Hall–Kier alpha value is -1.43. The van der Waals surface area contributed by atoms with Gasteiger partial charge in [0.2, 0.25) is 0 Å². The standard InChI is InChI=1S/C11H12N2O4S2/c1-7-9(11(14)15)4-5-13(7)19(16,17)10-3-2-8(6-12)18-10/h2-3,7,9H,4-5H2,1H3,(H,14,15). The van der Waals surface area contributed by atoms with Crippen molar-refractivity contribution in [2.45, 2.75) is 23.6 Å². The average molecular weight is 300 g/mol. The average Bonchev–Trinajstić information content (AvgIpc) is 2.94. The zero-order valence-corrected chi connectivity index (χ0v) is 11.7. The van der Waals surface area contributed by atoms with Crippen LogP contribution >= 0.6 is 11.3 Å². The molecular formula is C11H12N2O4S2. The van der Waals surface area contributed by atoms with Gasteiger partial charge >= 0.3 is 5.97 Å². The van der Waals surface area contributed by atoms with Crippen molar-refractivity contribution in [2.75, 3.05) is 6.54 Å². The van der Waals surface area contributed by atoms with Gasteiger partial charge in [-0.2, -0.15) is 9.57 Å². The van der Waals surface area contributed by atoms with Crippen molar-refractivity contribution < 1.29 is 18.3 Å². The third kappa shape index (κ3) is 2.36. The van der Waals surface area contributed by atoms with Crippen LogP contribution in [0.25, 0.3) is 0 Å². The number of carboxylic acids is 1. The van der Waals surface area contributed by atoms with Crippen molar-refractivity contribution >= 4 is 27.3 Å². The molecule has 2 atom stereocenters. The largest absolute Gasteiger partial charge is 0.481 e. The fraction of sp³-hybridized carbons (Fsp3) is 0.455. The van der Waals surface area contributed by atoms with E-state index < -0.39 is 28.0 Å². The lowest BCUT2D eigenvalue weighted by atomic mass is 10.0. The minimum absolute atomic E-state index is 0.0851.